The highest BCUT2D eigenvalue weighted by Gasteiger charge is 2.20. The molecule has 0 N–H and O–H groups in total. The molecule has 2 nitrogen and oxygen atoms in total. The number of carbonyl (C=O) groups excluding carboxylic acids is 1. The molecule has 0 saturated heterocycles. The highest BCUT2D eigenvalue weighted by Crippen LogP contribution is 2.20. The van der Waals surface area contributed by atoms with Gasteiger partial charge in [0.05, 0.1) is 5.56 Å². The zero-order valence-electron chi connectivity index (χ0n) is 11.0. The van der Waals surface area contributed by atoms with E-state index in [4.69, 9.17) is 0 Å². The van der Waals surface area contributed by atoms with Gasteiger partial charge in [-0.3, -0.25) is 4.79 Å². The maximum atomic E-state index is 13.5. The number of rotatable bonds is 3. The first-order chi connectivity index (χ1) is 9.40. The molecule has 0 spiro atoms. The van der Waals surface area contributed by atoms with Crippen LogP contribution in [0.15, 0.2) is 36.4 Å². The van der Waals surface area contributed by atoms with E-state index in [0.717, 1.165) is 5.69 Å². The molecule has 0 radical (unpaired) electrons. The van der Waals surface area contributed by atoms with E-state index in [1.54, 1.807) is 12.1 Å². The van der Waals surface area contributed by atoms with Crippen LogP contribution in [0.4, 0.5) is 18.9 Å². The van der Waals surface area contributed by atoms with E-state index in [1.807, 2.05) is 19.0 Å². The minimum atomic E-state index is -1.20. The predicted octanol–water partition coefficient (Wildman–Crippen LogP) is 3.40. The number of carbonyl (C=O) groups is 1. The molecule has 20 heavy (non-hydrogen) atoms. The first kappa shape index (κ1) is 14.1. The lowest BCUT2D eigenvalue weighted by molar-refractivity contribution is 0.103. The van der Waals surface area contributed by atoms with Gasteiger partial charge in [-0.2, -0.15) is 0 Å². The lowest BCUT2D eigenvalue weighted by Crippen LogP contribution is -2.10. The molecule has 0 bridgehead atoms. The minimum Gasteiger partial charge on any atom is -0.378 e. The summed E-state index contributed by atoms with van der Waals surface area (Å²) in [5, 5.41) is 0. The Labute approximate surface area is 114 Å². The van der Waals surface area contributed by atoms with Crippen LogP contribution in [-0.2, 0) is 0 Å². The Morgan fingerprint density at radius 2 is 1.45 bits per heavy atom. The molecule has 104 valence electrons. The van der Waals surface area contributed by atoms with Crippen molar-refractivity contribution in [1.29, 1.82) is 0 Å². The number of anilines is 1. The van der Waals surface area contributed by atoms with Crippen molar-refractivity contribution in [2.24, 2.45) is 0 Å². The molecular weight excluding hydrogens is 267 g/mol. The summed E-state index contributed by atoms with van der Waals surface area (Å²) in [6.45, 7) is 0. The van der Waals surface area contributed by atoms with Crippen molar-refractivity contribution in [3.05, 3.63) is 65.0 Å². The Morgan fingerprint density at radius 3 is 1.90 bits per heavy atom. The topological polar surface area (TPSA) is 20.3 Å². The van der Waals surface area contributed by atoms with E-state index in [-0.39, 0.29) is 5.56 Å². The summed E-state index contributed by atoms with van der Waals surface area (Å²) in [6, 6.07) is 7.24. The summed E-state index contributed by atoms with van der Waals surface area (Å²) in [4.78, 5) is 13.9. The van der Waals surface area contributed by atoms with E-state index in [1.165, 1.54) is 12.1 Å². The monoisotopic (exact) mass is 279 g/mol. The molecular formula is C15H12F3NO. The summed E-state index contributed by atoms with van der Waals surface area (Å²) in [5.74, 6) is -4.28. The van der Waals surface area contributed by atoms with Gasteiger partial charge in [-0.05, 0) is 24.3 Å². The summed E-state index contributed by atoms with van der Waals surface area (Å²) in [6.07, 6.45) is 0. The molecule has 0 fully saturated rings. The van der Waals surface area contributed by atoms with Crippen LogP contribution in [0.3, 0.4) is 0 Å². The first-order valence-corrected chi connectivity index (χ1v) is 5.87. The average Bonchev–Trinajstić information content (AvgIpc) is 2.37. The first-order valence-electron chi connectivity index (χ1n) is 5.87. The van der Waals surface area contributed by atoms with Gasteiger partial charge in [0.15, 0.2) is 5.78 Å². The van der Waals surface area contributed by atoms with Crippen molar-refractivity contribution < 1.29 is 18.0 Å². The second-order valence-corrected chi connectivity index (χ2v) is 4.51. The Bertz CT molecular complexity index is 628. The minimum absolute atomic E-state index is 0.139. The zero-order chi connectivity index (χ0) is 14.9. The zero-order valence-corrected chi connectivity index (χ0v) is 11.0. The Morgan fingerprint density at radius 1 is 0.950 bits per heavy atom. The van der Waals surface area contributed by atoms with E-state index < -0.39 is 28.8 Å². The maximum Gasteiger partial charge on any atom is 0.198 e. The largest absolute Gasteiger partial charge is 0.378 e. The molecule has 0 aliphatic heterocycles. The Balaban J connectivity index is 2.41. The van der Waals surface area contributed by atoms with Crippen LogP contribution in [0.2, 0.25) is 0 Å². The van der Waals surface area contributed by atoms with Crippen LogP contribution in [0.1, 0.15) is 15.9 Å². The molecule has 0 saturated carbocycles. The molecule has 0 amide bonds. The predicted molar refractivity (Wildman–Crippen MR) is 70.5 cm³/mol. The number of ketones is 1. The van der Waals surface area contributed by atoms with E-state index in [2.05, 4.69) is 0 Å². The molecule has 0 unspecified atom stereocenters. The second-order valence-electron chi connectivity index (χ2n) is 4.51. The summed E-state index contributed by atoms with van der Waals surface area (Å²) >= 11 is 0. The highest BCUT2D eigenvalue weighted by molar-refractivity contribution is 6.09. The second kappa shape index (κ2) is 5.36. The van der Waals surface area contributed by atoms with Crippen LogP contribution in [-0.4, -0.2) is 19.9 Å². The molecule has 2 aromatic rings. The van der Waals surface area contributed by atoms with Crippen molar-refractivity contribution in [2.45, 2.75) is 0 Å². The SMILES string of the molecule is CN(C)c1ccc(C(=O)c2c(F)cc(F)cc2F)cc1. The van der Waals surface area contributed by atoms with Gasteiger partial charge in [0, 0.05) is 37.5 Å². The van der Waals surface area contributed by atoms with Gasteiger partial charge in [0.25, 0.3) is 0 Å². The molecule has 5 heteroatoms. The van der Waals surface area contributed by atoms with Gasteiger partial charge < -0.3 is 4.90 Å². The normalized spacial score (nSPS) is 10.4. The quantitative estimate of drug-likeness (QED) is 0.803. The highest BCUT2D eigenvalue weighted by atomic mass is 19.1. The fourth-order valence-electron chi connectivity index (χ4n) is 1.81. The molecule has 0 aliphatic rings. The molecule has 0 aliphatic carbocycles. The maximum absolute atomic E-state index is 13.5. The van der Waals surface area contributed by atoms with E-state index in [0.29, 0.717) is 12.1 Å². The van der Waals surface area contributed by atoms with Gasteiger partial charge >= 0.3 is 0 Å². The van der Waals surface area contributed by atoms with Gasteiger partial charge in [-0.15, -0.1) is 0 Å². The summed E-state index contributed by atoms with van der Waals surface area (Å²) in [7, 11) is 3.66. The Hall–Kier alpha value is -2.30. The van der Waals surface area contributed by atoms with Crippen molar-refractivity contribution in [1.82, 2.24) is 0 Å². The van der Waals surface area contributed by atoms with Gasteiger partial charge in [-0.25, -0.2) is 13.2 Å². The van der Waals surface area contributed by atoms with Crippen molar-refractivity contribution in [3.8, 4) is 0 Å². The van der Waals surface area contributed by atoms with Gasteiger partial charge in [0.2, 0.25) is 0 Å². The fourth-order valence-corrected chi connectivity index (χ4v) is 1.81. The average molecular weight is 279 g/mol. The smallest absolute Gasteiger partial charge is 0.198 e. The number of nitrogens with zero attached hydrogens (tertiary/aromatic N) is 1. The lowest BCUT2D eigenvalue weighted by Gasteiger charge is -2.12. The number of benzene rings is 2. The van der Waals surface area contributed by atoms with Crippen LogP contribution in [0.25, 0.3) is 0 Å². The van der Waals surface area contributed by atoms with E-state index >= 15 is 0 Å². The number of hydrogen-bond acceptors (Lipinski definition) is 2. The van der Waals surface area contributed by atoms with Crippen LogP contribution < -0.4 is 4.90 Å². The third-order valence-electron chi connectivity index (χ3n) is 2.88. The molecule has 0 heterocycles. The standard InChI is InChI=1S/C15H12F3NO/c1-19(2)11-5-3-9(4-6-11)15(20)14-12(17)7-10(16)8-13(14)18/h3-8H,1-2H3. The number of hydrogen-bond donors (Lipinski definition) is 0. The Kier molecular flexibility index (Phi) is 3.79. The lowest BCUT2D eigenvalue weighted by atomic mass is 10.0. The molecule has 2 rings (SSSR count). The number of halogens is 3. The van der Waals surface area contributed by atoms with Crippen LogP contribution in [0.5, 0.6) is 0 Å². The van der Waals surface area contributed by atoms with Crippen molar-refractivity contribution in [3.63, 3.8) is 0 Å². The summed E-state index contributed by atoms with van der Waals surface area (Å²) in [5.41, 5.74) is 0.241. The fraction of sp³-hybridized carbons (Fsp3) is 0.133. The van der Waals surface area contributed by atoms with Crippen LogP contribution in [0, 0.1) is 17.5 Å². The summed E-state index contributed by atoms with van der Waals surface area (Å²) < 4.78 is 39.9. The third kappa shape index (κ3) is 2.66. The molecule has 2 aromatic carbocycles. The van der Waals surface area contributed by atoms with Crippen molar-refractivity contribution in [2.75, 3.05) is 19.0 Å². The van der Waals surface area contributed by atoms with Crippen molar-refractivity contribution >= 4 is 11.5 Å². The van der Waals surface area contributed by atoms with E-state index in [9.17, 15) is 18.0 Å². The third-order valence-corrected chi connectivity index (χ3v) is 2.88. The van der Waals surface area contributed by atoms with Crippen LogP contribution >= 0.6 is 0 Å². The molecule has 0 atom stereocenters. The van der Waals surface area contributed by atoms with Gasteiger partial charge in [0.1, 0.15) is 17.5 Å². The molecule has 0 aromatic heterocycles. The van der Waals surface area contributed by atoms with Gasteiger partial charge in [-0.1, -0.05) is 0 Å².